The SMILES string of the molecule is COCCCC(NN)c1ccoc1Cl. The van der Waals surface area contributed by atoms with E-state index in [1.54, 1.807) is 13.4 Å². The average molecular weight is 219 g/mol. The molecule has 0 aromatic carbocycles. The first-order chi connectivity index (χ1) is 6.79. The zero-order valence-electron chi connectivity index (χ0n) is 8.13. The summed E-state index contributed by atoms with van der Waals surface area (Å²) in [6.45, 7) is 0.716. The van der Waals surface area contributed by atoms with Crippen LogP contribution in [-0.2, 0) is 4.74 Å². The molecule has 5 heteroatoms. The van der Waals surface area contributed by atoms with Crippen LogP contribution in [0.25, 0.3) is 0 Å². The van der Waals surface area contributed by atoms with Crippen molar-refractivity contribution in [3.63, 3.8) is 0 Å². The van der Waals surface area contributed by atoms with Gasteiger partial charge in [-0.25, -0.2) is 0 Å². The van der Waals surface area contributed by atoms with Gasteiger partial charge in [0.25, 0.3) is 0 Å². The Hall–Kier alpha value is -0.550. The standard InChI is InChI=1S/C9H15ClN2O2/c1-13-5-2-3-8(12-11)7-4-6-14-9(7)10/h4,6,8,12H,2-3,5,11H2,1H3. The van der Waals surface area contributed by atoms with E-state index in [-0.39, 0.29) is 6.04 Å². The van der Waals surface area contributed by atoms with Crippen LogP contribution in [0.4, 0.5) is 0 Å². The molecule has 0 aliphatic heterocycles. The Labute approximate surface area is 88.3 Å². The van der Waals surface area contributed by atoms with Crippen LogP contribution >= 0.6 is 11.6 Å². The molecule has 0 amide bonds. The van der Waals surface area contributed by atoms with Crippen molar-refractivity contribution in [2.24, 2.45) is 5.84 Å². The number of ether oxygens (including phenoxy) is 1. The lowest BCUT2D eigenvalue weighted by molar-refractivity contribution is 0.188. The number of nitrogens with one attached hydrogen (secondary N) is 1. The Morgan fingerprint density at radius 1 is 1.71 bits per heavy atom. The van der Waals surface area contributed by atoms with Crippen molar-refractivity contribution in [3.05, 3.63) is 23.1 Å². The van der Waals surface area contributed by atoms with Gasteiger partial charge in [0, 0.05) is 19.3 Å². The number of rotatable bonds is 6. The first-order valence-electron chi connectivity index (χ1n) is 4.47. The summed E-state index contributed by atoms with van der Waals surface area (Å²) in [6.07, 6.45) is 3.34. The lowest BCUT2D eigenvalue weighted by atomic mass is 10.1. The topological polar surface area (TPSA) is 60.4 Å². The van der Waals surface area contributed by atoms with Crippen molar-refractivity contribution in [3.8, 4) is 0 Å². The van der Waals surface area contributed by atoms with Crippen molar-refractivity contribution in [1.82, 2.24) is 5.43 Å². The summed E-state index contributed by atoms with van der Waals surface area (Å²) in [7, 11) is 1.68. The van der Waals surface area contributed by atoms with Crippen LogP contribution < -0.4 is 11.3 Å². The maximum atomic E-state index is 5.83. The van der Waals surface area contributed by atoms with Crippen LogP contribution in [0.15, 0.2) is 16.7 Å². The van der Waals surface area contributed by atoms with Gasteiger partial charge in [0.05, 0.1) is 12.3 Å². The van der Waals surface area contributed by atoms with Gasteiger partial charge in [-0.15, -0.1) is 0 Å². The fourth-order valence-electron chi connectivity index (χ4n) is 1.31. The molecule has 1 atom stereocenters. The fourth-order valence-corrected chi connectivity index (χ4v) is 1.56. The molecule has 1 aromatic heterocycles. The first-order valence-corrected chi connectivity index (χ1v) is 4.85. The third kappa shape index (κ3) is 2.99. The Balaban J connectivity index is 2.50. The van der Waals surface area contributed by atoms with Crippen molar-refractivity contribution in [1.29, 1.82) is 0 Å². The largest absolute Gasteiger partial charge is 0.453 e. The molecule has 0 spiro atoms. The van der Waals surface area contributed by atoms with E-state index in [4.69, 9.17) is 26.6 Å². The van der Waals surface area contributed by atoms with Gasteiger partial charge >= 0.3 is 0 Å². The van der Waals surface area contributed by atoms with E-state index in [1.807, 2.05) is 6.07 Å². The minimum Gasteiger partial charge on any atom is -0.453 e. The van der Waals surface area contributed by atoms with E-state index in [9.17, 15) is 0 Å². The second kappa shape index (κ2) is 6.03. The second-order valence-corrected chi connectivity index (χ2v) is 3.35. The van der Waals surface area contributed by atoms with Gasteiger partial charge in [0.2, 0.25) is 0 Å². The highest BCUT2D eigenvalue weighted by Gasteiger charge is 2.14. The summed E-state index contributed by atoms with van der Waals surface area (Å²) in [5, 5.41) is 0.394. The number of nitrogens with two attached hydrogens (primary N) is 1. The molecule has 0 saturated carbocycles. The molecular formula is C9H15ClN2O2. The molecule has 0 aliphatic carbocycles. The molecule has 1 heterocycles. The predicted molar refractivity (Wildman–Crippen MR) is 54.9 cm³/mol. The van der Waals surface area contributed by atoms with E-state index in [0.29, 0.717) is 11.8 Å². The molecule has 1 aromatic rings. The van der Waals surface area contributed by atoms with Crippen LogP contribution in [0.2, 0.25) is 5.22 Å². The molecular weight excluding hydrogens is 204 g/mol. The smallest absolute Gasteiger partial charge is 0.197 e. The monoisotopic (exact) mass is 218 g/mol. The molecule has 0 bridgehead atoms. The van der Waals surface area contributed by atoms with E-state index < -0.39 is 0 Å². The predicted octanol–water partition coefficient (Wildman–Crippen LogP) is 1.86. The molecule has 0 saturated heterocycles. The highest BCUT2D eigenvalue weighted by Crippen LogP contribution is 2.26. The molecule has 14 heavy (non-hydrogen) atoms. The van der Waals surface area contributed by atoms with Crippen LogP contribution in [0.1, 0.15) is 24.4 Å². The van der Waals surface area contributed by atoms with E-state index >= 15 is 0 Å². The van der Waals surface area contributed by atoms with Crippen LogP contribution in [0.3, 0.4) is 0 Å². The summed E-state index contributed by atoms with van der Waals surface area (Å²) >= 11 is 5.83. The van der Waals surface area contributed by atoms with Crippen LogP contribution in [-0.4, -0.2) is 13.7 Å². The number of hydrazine groups is 1. The van der Waals surface area contributed by atoms with Gasteiger partial charge in [-0.3, -0.25) is 11.3 Å². The molecule has 4 nitrogen and oxygen atoms in total. The molecule has 3 N–H and O–H groups in total. The maximum absolute atomic E-state index is 5.83. The first kappa shape index (κ1) is 11.5. The average Bonchev–Trinajstić information content (AvgIpc) is 2.60. The highest BCUT2D eigenvalue weighted by molar-refractivity contribution is 6.29. The normalized spacial score (nSPS) is 13.1. The van der Waals surface area contributed by atoms with Crippen molar-refractivity contribution in [2.45, 2.75) is 18.9 Å². The van der Waals surface area contributed by atoms with Gasteiger partial charge in [0.15, 0.2) is 5.22 Å². The number of hydrogen-bond donors (Lipinski definition) is 2. The van der Waals surface area contributed by atoms with Crippen LogP contribution in [0.5, 0.6) is 0 Å². The summed E-state index contributed by atoms with van der Waals surface area (Å²) in [5.41, 5.74) is 3.60. The summed E-state index contributed by atoms with van der Waals surface area (Å²) < 4.78 is 9.95. The Kier molecular flexibility index (Phi) is 4.97. The lowest BCUT2D eigenvalue weighted by Crippen LogP contribution is -2.28. The zero-order valence-corrected chi connectivity index (χ0v) is 8.88. The van der Waals surface area contributed by atoms with Crippen molar-refractivity contribution >= 4 is 11.6 Å². The quantitative estimate of drug-likeness (QED) is 0.435. The summed E-state index contributed by atoms with van der Waals surface area (Å²) in [4.78, 5) is 0. The van der Waals surface area contributed by atoms with Gasteiger partial charge in [-0.1, -0.05) is 0 Å². The van der Waals surface area contributed by atoms with Gasteiger partial charge in [0.1, 0.15) is 0 Å². The third-order valence-electron chi connectivity index (χ3n) is 2.06. The molecule has 0 fully saturated rings. The highest BCUT2D eigenvalue weighted by atomic mass is 35.5. The lowest BCUT2D eigenvalue weighted by Gasteiger charge is -2.13. The Morgan fingerprint density at radius 3 is 3.00 bits per heavy atom. The van der Waals surface area contributed by atoms with Crippen molar-refractivity contribution < 1.29 is 9.15 Å². The number of hydrogen-bond acceptors (Lipinski definition) is 4. The summed E-state index contributed by atoms with van der Waals surface area (Å²) in [5.74, 6) is 5.42. The summed E-state index contributed by atoms with van der Waals surface area (Å²) in [6, 6.07) is 1.84. The Bertz CT molecular complexity index is 265. The third-order valence-corrected chi connectivity index (χ3v) is 2.37. The van der Waals surface area contributed by atoms with Crippen LogP contribution in [0, 0.1) is 0 Å². The number of furan rings is 1. The fraction of sp³-hybridized carbons (Fsp3) is 0.556. The number of methoxy groups -OCH3 is 1. The molecule has 0 aliphatic rings. The zero-order chi connectivity index (χ0) is 10.4. The van der Waals surface area contributed by atoms with E-state index in [1.165, 1.54) is 0 Å². The second-order valence-electron chi connectivity index (χ2n) is 3.00. The minimum absolute atomic E-state index is 0.0244. The van der Waals surface area contributed by atoms with E-state index in [0.717, 1.165) is 18.4 Å². The molecule has 80 valence electrons. The molecule has 1 rings (SSSR count). The van der Waals surface area contributed by atoms with Gasteiger partial charge in [-0.2, -0.15) is 0 Å². The molecule has 0 radical (unpaired) electrons. The maximum Gasteiger partial charge on any atom is 0.197 e. The van der Waals surface area contributed by atoms with Gasteiger partial charge in [-0.05, 0) is 30.5 Å². The molecule has 1 unspecified atom stereocenters. The number of halogens is 1. The van der Waals surface area contributed by atoms with E-state index in [2.05, 4.69) is 5.43 Å². The Morgan fingerprint density at radius 2 is 2.50 bits per heavy atom. The minimum atomic E-state index is 0.0244. The van der Waals surface area contributed by atoms with Gasteiger partial charge < -0.3 is 9.15 Å². The van der Waals surface area contributed by atoms with Crippen molar-refractivity contribution in [2.75, 3.05) is 13.7 Å².